The van der Waals surface area contributed by atoms with Gasteiger partial charge in [0.2, 0.25) is 0 Å². The predicted octanol–water partition coefficient (Wildman–Crippen LogP) is 3.18. The van der Waals surface area contributed by atoms with Crippen LogP contribution in [-0.2, 0) is 9.59 Å². The molecule has 22 heavy (non-hydrogen) atoms. The lowest BCUT2D eigenvalue weighted by Gasteiger charge is -2.56. The van der Waals surface area contributed by atoms with Crippen LogP contribution in [0.4, 0.5) is 0 Å². The van der Waals surface area contributed by atoms with Gasteiger partial charge in [-0.25, -0.2) is 0 Å². The molecule has 2 heteroatoms. The topological polar surface area (TPSA) is 34.1 Å². The Hall–Kier alpha value is -2.22. The number of carbonyl (C=O) groups is 2. The summed E-state index contributed by atoms with van der Waals surface area (Å²) in [7, 11) is 0. The van der Waals surface area contributed by atoms with Gasteiger partial charge in [0, 0.05) is 23.7 Å². The molecule has 108 valence electrons. The Labute approximate surface area is 129 Å². The van der Waals surface area contributed by atoms with Crippen LogP contribution in [0.15, 0.2) is 60.7 Å². The summed E-state index contributed by atoms with van der Waals surface area (Å²) in [4.78, 5) is 25.1. The Bertz CT molecular complexity index is 718. The average molecular weight is 288 g/mol. The molecule has 0 aromatic heterocycles. The lowest BCUT2D eigenvalue weighted by Crippen LogP contribution is -2.53. The summed E-state index contributed by atoms with van der Waals surface area (Å²) in [5, 5.41) is 0. The highest BCUT2D eigenvalue weighted by molar-refractivity contribution is 6.08. The number of hydrogen-bond acceptors (Lipinski definition) is 2. The second-order valence-corrected chi connectivity index (χ2v) is 6.79. The highest BCUT2D eigenvalue weighted by atomic mass is 16.1. The molecule has 0 saturated heterocycles. The van der Waals surface area contributed by atoms with E-state index in [1.165, 1.54) is 23.3 Å². The molecule has 1 saturated carbocycles. The summed E-state index contributed by atoms with van der Waals surface area (Å²) in [6.45, 7) is 0. The maximum Gasteiger partial charge on any atom is 0.160 e. The first kappa shape index (κ1) is 12.3. The van der Waals surface area contributed by atoms with E-state index in [4.69, 9.17) is 0 Å². The van der Waals surface area contributed by atoms with Gasteiger partial charge < -0.3 is 0 Å². The van der Waals surface area contributed by atoms with Crippen molar-refractivity contribution in [3.05, 3.63) is 71.8 Å². The lowest BCUT2D eigenvalue weighted by molar-refractivity contribution is -0.135. The molecule has 0 amide bonds. The molecule has 6 atom stereocenters. The standard InChI is InChI=1S/C20H16O2/c21-15-9-10-16(22)20-18-12-6-2-1-5-11(12)17(19(15)20)13-7-3-4-8-14(13)18/h1-12,17-20H/t11-,12+,17-,18+,19-,20-/m1/s1. The van der Waals surface area contributed by atoms with E-state index in [0.29, 0.717) is 11.8 Å². The Morgan fingerprint density at radius 1 is 0.636 bits per heavy atom. The fourth-order valence-corrected chi connectivity index (χ4v) is 5.30. The molecule has 0 heterocycles. The van der Waals surface area contributed by atoms with Gasteiger partial charge in [0.15, 0.2) is 11.6 Å². The van der Waals surface area contributed by atoms with Gasteiger partial charge in [-0.3, -0.25) is 9.59 Å². The van der Waals surface area contributed by atoms with Crippen molar-refractivity contribution in [2.75, 3.05) is 0 Å². The Morgan fingerprint density at radius 2 is 1.09 bits per heavy atom. The second-order valence-electron chi connectivity index (χ2n) is 6.79. The molecule has 2 bridgehead atoms. The third-order valence-electron chi connectivity index (χ3n) is 6.00. The van der Waals surface area contributed by atoms with Crippen LogP contribution >= 0.6 is 0 Å². The Morgan fingerprint density at radius 3 is 1.55 bits per heavy atom. The van der Waals surface area contributed by atoms with E-state index in [1.807, 2.05) is 0 Å². The van der Waals surface area contributed by atoms with Crippen LogP contribution in [0.5, 0.6) is 0 Å². The minimum absolute atomic E-state index is 0.135. The first-order chi connectivity index (χ1) is 10.8. The minimum Gasteiger partial charge on any atom is -0.294 e. The van der Waals surface area contributed by atoms with Gasteiger partial charge in [-0.15, -0.1) is 0 Å². The zero-order valence-corrected chi connectivity index (χ0v) is 12.1. The van der Waals surface area contributed by atoms with Gasteiger partial charge in [-0.2, -0.15) is 0 Å². The molecule has 1 aromatic rings. The molecule has 1 fully saturated rings. The van der Waals surface area contributed by atoms with E-state index in [1.54, 1.807) is 0 Å². The van der Waals surface area contributed by atoms with Crippen molar-refractivity contribution in [1.29, 1.82) is 0 Å². The van der Waals surface area contributed by atoms with Crippen LogP contribution in [0.2, 0.25) is 0 Å². The fraction of sp³-hybridized carbons (Fsp3) is 0.300. The molecule has 2 nitrogen and oxygen atoms in total. The number of rotatable bonds is 0. The van der Waals surface area contributed by atoms with Gasteiger partial charge in [-0.1, -0.05) is 48.6 Å². The Kier molecular flexibility index (Phi) is 2.33. The summed E-state index contributed by atoms with van der Waals surface area (Å²) in [5.41, 5.74) is 2.57. The van der Waals surface area contributed by atoms with Crippen molar-refractivity contribution in [3.63, 3.8) is 0 Å². The summed E-state index contributed by atoms with van der Waals surface area (Å²) in [6, 6.07) is 8.41. The van der Waals surface area contributed by atoms with E-state index in [9.17, 15) is 9.59 Å². The van der Waals surface area contributed by atoms with Crippen LogP contribution in [0, 0.1) is 23.7 Å². The third-order valence-corrected chi connectivity index (χ3v) is 6.00. The summed E-state index contributed by atoms with van der Waals surface area (Å²) in [6.07, 6.45) is 11.7. The van der Waals surface area contributed by atoms with Gasteiger partial charge in [0.05, 0.1) is 0 Å². The van der Waals surface area contributed by atoms with Crippen molar-refractivity contribution >= 4 is 11.6 Å². The normalized spacial score (nSPS) is 40.4. The van der Waals surface area contributed by atoms with E-state index in [-0.39, 0.29) is 35.2 Å². The van der Waals surface area contributed by atoms with Crippen molar-refractivity contribution in [2.45, 2.75) is 11.8 Å². The van der Waals surface area contributed by atoms with Crippen molar-refractivity contribution in [3.8, 4) is 0 Å². The number of allylic oxidation sites excluding steroid dienone is 6. The third kappa shape index (κ3) is 1.36. The van der Waals surface area contributed by atoms with E-state index in [0.717, 1.165) is 0 Å². The molecule has 0 N–H and O–H groups in total. The molecule has 6 rings (SSSR count). The number of ketones is 2. The predicted molar refractivity (Wildman–Crippen MR) is 83.3 cm³/mol. The molecule has 1 aromatic carbocycles. The van der Waals surface area contributed by atoms with Crippen LogP contribution in [0.3, 0.4) is 0 Å². The number of hydrogen-bond donors (Lipinski definition) is 0. The largest absolute Gasteiger partial charge is 0.294 e. The summed E-state index contributed by atoms with van der Waals surface area (Å²) in [5.74, 6) is 0.886. The van der Waals surface area contributed by atoms with Gasteiger partial charge in [0.25, 0.3) is 0 Å². The van der Waals surface area contributed by atoms with Crippen LogP contribution in [0.25, 0.3) is 0 Å². The maximum atomic E-state index is 12.6. The highest BCUT2D eigenvalue weighted by Gasteiger charge is 2.59. The molecule has 5 aliphatic rings. The number of carbonyl (C=O) groups excluding carboxylic acids is 2. The summed E-state index contributed by atoms with van der Waals surface area (Å²) >= 11 is 0. The fourth-order valence-electron chi connectivity index (χ4n) is 5.30. The molecule has 0 spiro atoms. The molecule has 5 aliphatic carbocycles. The summed E-state index contributed by atoms with van der Waals surface area (Å²) < 4.78 is 0. The van der Waals surface area contributed by atoms with Gasteiger partial charge >= 0.3 is 0 Å². The van der Waals surface area contributed by atoms with E-state index < -0.39 is 0 Å². The Balaban J connectivity index is 1.80. The molecule has 0 unspecified atom stereocenters. The number of benzene rings is 1. The van der Waals surface area contributed by atoms with Crippen molar-refractivity contribution in [2.24, 2.45) is 23.7 Å². The second kappa shape index (κ2) is 4.16. The van der Waals surface area contributed by atoms with Crippen LogP contribution < -0.4 is 0 Å². The minimum atomic E-state index is -0.171. The van der Waals surface area contributed by atoms with Crippen molar-refractivity contribution in [1.82, 2.24) is 0 Å². The molecular weight excluding hydrogens is 272 g/mol. The zero-order valence-electron chi connectivity index (χ0n) is 12.1. The molecule has 0 aliphatic heterocycles. The molecule has 0 radical (unpaired) electrons. The van der Waals surface area contributed by atoms with Gasteiger partial charge in [0.1, 0.15) is 0 Å². The molecular formula is C20H16O2. The van der Waals surface area contributed by atoms with E-state index >= 15 is 0 Å². The SMILES string of the molecule is O=C1C=CC(=O)[C@H]2[C@H]1[C@@H]1c3ccccc3[C@H]2[C@@H]2C=CC=C[C@@H]21. The van der Waals surface area contributed by atoms with Crippen LogP contribution in [-0.4, -0.2) is 11.6 Å². The smallest absolute Gasteiger partial charge is 0.160 e. The van der Waals surface area contributed by atoms with Crippen molar-refractivity contribution < 1.29 is 9.59 Å². The first-order valence-corrected chi connectivity index (χ1v) is 7.97. The van der Waals surface area contributed by atoms with Gasteiger partial charge in [-0.05, 0) is 35.1 Å². The zero-order chi connectivity index (χ0) is 14.8. The van der Waals surface area contributed by atoms with Crippen LogP contribution in [0.1, 0.15) is 23.0 Å². The first-order valence-electron chi connectivity index (χ1n) is 7.97. The maximum absolute atomic E-state index is 12.6. The van der Waals surface area contributed by atoms with E-state index in [2.05, 4.69) is 48.6 Å². The average Bonchev–Trinajstić information content (AvgIpc) is 2.58. The highest BCUT2D eigenvalue weighted by Crippen LogP contribution is 2.63. The monoisotopic (exact) mass is 288 g/mol. The lowest BCUT2D eigenvalue weighted by atomic mass is 9.46. The quantitative estimate of drug-likeness (QED) is 0.735.